The Kier molecular flexibility index (Phi) is 9.68. The van der Waals surface area contributed by atoms with Crippen LogP contribution in [-0.4, -0.2) is 0 Å². The normalized spacial score (nSPS) is 11.1. The fourth-order valence-electron chi connectivity index (χ4n) is 8.36. The van der Waals surface area contributed by atoms with Crippen molar-refractivity contribution in [3.63, 3.8) is 0 Å². The van der Waals surface area contributed by atoms with Crippen molar-refractivity contribution in [1.82, 2.24) is 0 Å². The summed E-state index contributed by atoms with van der Waals surface area (Å²) in [6.45, 7) is 0. The highest BCUT2D eigenvalue weighted by molar-refractivity contribution is 5.97. The second kappa shape index (κ2) is 16.0. The lowest BCUT2D eigenvalue weighted by atomic mass is 9.91. The summed E-state index contributed by atoms with van der Waals surface area (Å²) in [5, 5.41) is 2.52. The number of rotatable bonds is 9. The average Bonchev–Trinajstić information content (AvgIpc) is 3.33. The maximum absolute atomic E-state index is 2.39. The summed E-state index contributed by atoms with van der Waals surface area (Å²) in [7, 11) is 0. The van der Waals surface area contributed by atoms with Gasteiger partial charge in [0.15, 0.2) is 0 Å². The number of anilines is 3. The second-order valence-electron chi connectivity index (χ2n) is 14.9. The molecular formula is C58H41N. The van der Waals surface area contributed by atoms with Crippen LogP contribution in [0.4, 0.5) is 17.1 Å². The molecule has 0 unspecified atom stereocenters. The van der Waals surface area contributed by atoms with Gasteiger partial charge in [0.25, 0.3) is 0 Å². The van der Waals surface area contributed by atoms with Crippen LogP contribution in [0, 0.1) is 0 Å². The number of hydrogen-bond donors (Lipinski definition) is 0. The minimum absolute atomic E-state index is 1.09. The van der Waals surface area contributed by atoms with Gasteiger partial charge in [0, 0.05) is 16.9 Å². The van der Waals surface area contributed by atoms with E-state index in [9.17, 15) is 0 Å². The van der Waals surface area contributed by atoms with Crippen LogP contribution in [0.3, 0.4) is 0 Å². The van der Waals surface area contributed by atoms with Crippen LogP contribution in [0.5, 0.6) is 0 Å². The van der Waals surface area contributed by atoms with Gasteiger partial charge in [0.2, 0.25) is 0 Å². The molecule has 0 saturated heterocycles. The van der Waals surface area contributed by atoms with Gasteiger partial charge in [-0.25, -0.2) is 0 Å². The maximum atomic E-state index is 2.39. The van der Waals surface area contributed by atoms with Crippen molar-refractivity contribution in [3.8, 4) is 66.8 Å². The van der Waals surface area contributed by atoms with Gasteiger partial charge in [0.05, 0.1) is 5.69 Å². The van der Waals surface area contributed by atoms with E-state index in [4.69, 9.17) is 0 Å². The minimum Gasteiger partial charge on any atom is -0.310 e. The van der Waals surface area contributed by atoms with Gasteiger partial charge < -0.3 is 4.90 Å². The molecule has 0 bridgehead atoms. The standard InChI is InChI=1S/C58H41N/c1-4-16-44(17-5-1)55-39-34-49(41-57(55)47-20-8-3-9-21-47)43-32-37-52(38-33-43)59(58-29-13-12-27-56(58)46-18-6-2-7-19-46)51-35-30-42(31-36-51)48-24-14-25-50(40-48)54-28-15-23-45-22-10-11-26-53(45)54/h1-41H. The molecule has 0 fully saturated rings. The quantitative estimate of drug-likeness (QED) is 0.142. The molecule has 0 saturated carbocycles. The number of nitrogens with zero attached hydrogens (tertiary/aromatic N) is 1. The number of hydrogen-bond acceptors (Lipinski definition) is 1. The smallest absolute Gasteiger partial charge is 0.0540 e. The van der Waals surface area contributed by atoms with Gasteiger partial charge in [0.1, 0.15) is 0 Å². The van der Waals surface area contributed by atoms with Crippen LogP contribution in [0.25, 0.3) is 77.5 Å². The summed E-state index contributed by atoms with van der Waals surface area (Å²) >= 11 is 0. The van der Waals surface area contributed by atoms with E-state index >= 15 is 0 Å². The van der Waals surface area contributed by atoms with E-state index in [0.29, 0.717) is 0 Å². The zero-order chi connectivity index (χ0) is 39.4. The van der Waals surface area contributed by atoms with Crippen molar-refractivity contribution in [2.75, 3.05) is 4.90 Å². The van der Waals surface area contributed by atoms with Crippen molar-refractivity contribution in [2.24, 2.45) is 0 Å². The lowest BCUT2D eigenvalue weighted by Crippen LogP contribution is -2.11. The SMILES string of the molecule is c1ccc(-c2ccc(-c3ccc(N(c4ccc(-c5cccc(-c6cccc7ccccc67)c5)cc4)c4ccccc4-c4ccccc4)cc3)cc2-c2ccccc2)cc1. The summed E-state index contributed by atoms with van der Waals surface area (Å²) in [4.78, 5) is 2.39. The molecule has 0 radical (unpaired) electrons. The molecule has 278 valence electrons. The summed E-state index contributed by atoms with van der Waals surface area (Å²) < 4.78 is 0. The topological polar surface area (TPSA) is 3.24 Å². The molecule has 59 heavy (non-hydrogen) atoms. The van der Waals surface area contributed by atoms with Crippen molar-refractivity contribution in [2.45, 2.75) is 0 Å². The molecule has 1 heteroatoms. The average molecular weight is 752 g/mol. The first-order chi connectivity index (χ1) is 29.3. The lowest BCUT2D eigenvalue weighted by Gasteiger charge is -2.28. The highest BCUT2D eigenvalue weighted by atomic mass is 15.1. The van der Waals surface area contributed by atoms with Crippen molar-refractivity contribution in [3.05, 3.63) is 249 Å². The van der Waals surface area contributed by atoms with Gasteiger partial charge >= 0.3 is 0 Å². The summed E-state index contributed by atoms with van der Waals surface area (Å²) in [6.07, 6.45) is 0. The van der Waals surface area contributed by atoms with Crippen LogP contribution in [0.1, 0.15) is 0 Å². The van der Waals surface area contributed by atoms with Crippen LogP contribution < -0.4 is 4.90 Å². The number of fused-ring (bicyclic) bond motifs is 1. The summed E-state index contributed by atoms with van der Waals surface area (Å²) in [5.41, 5.74) is 17.7. The first-order valence-corrected chi connectivity index (χ1v) is 20.3. The Morgan fingerprint density at radius 1 is 0.220 bits per heavy atom. The summed E-state index contributed by atoms with van der Waals surface area (Å²) in [5.74, 6) is 0. The Balaban J connectivity index is 1.04. The van der Waals surface area contributed by atoms with E-state index in [1.165, 1.54) is 77.5 Å². The highest BCUT2D eigenvalue weighted by Crippen LogP contribution is 2.43. The van der Waals surface area contributed by atoms with E-state index in [-0.39, 0.29) is 0 Å². The van der Waals surface area contributed by atoms with Crippen LogP contribution in [0.2, 0.25) is 0 Å². The van der Waals surface area contributed by atoms with E-state index in [1.807, 2.05) is 0 Å². The third-order valence-electron chi connectivity index (χ3n) is 11.3. The molecule has 0 aliphatic carbocycles. The van der Waals surface area contributed by atoms with E-state index in [1.54, 1.807) is 0 Å². The van der Waals surface area contributed by atoms with Crippen LogP contribution in [-0.2, 0) is 0 Å². The zero-order valence-electron chi connectivity index (χ0n) is 32.6. The molecule has 0 heterocycles. The van der Waals surface area contributed by atoms with Crippen molar-refractivity contribution in [1.29, 1.82) is 0 Å². The van der Waals surface area contributed by atoms with Gasteiger partial charge in [-0.15, -0.1) is 0 Å². The predicted octanol–water partition coefficient (Wildman–Crippen LogP) is 16.3. The largest absolute Gasteiger partial charge is 0.310 e. The van der Waals surface area contributed by atoms with Gasteiger partial charge in [-0.1, -0.05) is 206 Å². The molecule has 0 spiro atoms. The number of benzene rings is 10. The zero-order valence-corrected chi connectivity index (χ0v) is 32.6. The highest BCUT2D eigenvalue weighted by Gasteiger charge is 2.18. The molecule has 10 aromatic rings. The van der Waals surface area contributed by atoms with Crippen LogP contribution in [0.15, 0.2) is 249 Å². The number of para-hydroxylation sites is 1. The van der Waals surface area contributed by atoms with Crippen molar-refractivity contribution < 1.29 is 0 Å². The monoisotopic (exact) mass is 751 g/mol. The molecular weight excluding hydrogens is 711 g/mol. The molecule has 10 aromatic carbocycles. The first kappa shape index (κ1) is 35.7. The van der Waals surface area contributed by atoms with Gasteiger partial charge in [-0.2, -0.15) is 0 Å². The van der Waals surface area contributed by atoms with E-state index in [2.05, 4.69) is 254 Å². The Morgan fingerprint density at radius 3 is 1.32 bits per heavy atom. The lowest BCUT2D eigenvalue weighted by molar-refractivity contribution is 1.28. The Hall–Kier alpha value is -7.74. The molecule has 1 nitrogen and oxygen atoms in total. The fraction of sp³-hybridized carbons (Fsp3) is 0. The molecule has 10 rings (SSSR count). The molecule has 0 atom stereocenters. The Bertz CT molecular complexity index is 3000. The van der Waals surface area contributed by atoms with E-state index in [0.717, 1.165) is 17.1 Å². The molecule has 0 N–H and O–H groups in total. The Morgan fingerprint density at radius 2 is 0.661 bits per heavy atom. The molecule has 0 amide bonds. The third-order valence-corrected chi connectivity index (χ3v) is 11.3. The molecule has 0 aromatic heterocycles. The molecule has 0 aliphatic heterocycles. The summed E-state index contributed by atoms with van der Waals surface area (Å²) in [6, 6.07) is 89.7. The van der Waals surface area contributed by atoms with E-state index < -0.39 is 0 Å². The third kappa shape index (κ3) is 7.23. The minimum atomic E-state index is 1.09. The first-order valence-electron chi connectivity index (χ1n) is 20.3. The fourth-order valence-corrected chi connectivity index (χ4v) is 8.36. The maximum Gasteiger partial charge on any atom is 0.0540 e. The second-order valence-corrected chi connectivity index (χ2v) is 14.9. The Labute approximate surface area is 346 Å². The van der Waals surface area contributed by atoms with Crippen molar-refractivity contribution >= 4 is 27.8 Å². The molecule has 0 aliphatic rings. The van der Waals surface area contributed by atoms with Crippen LogP contribution >= 0.6 is 0 Å². The van der Waals surface area contributed by atoms with Gasteiger partial charge in [-0.3, -0.25) is 0 Å². The predicted molar refractivity (Wildman–Crippen MR) is 251 cm³/mol. The van der Waals surface area contributed by atoms with Gasteiger partial charge in [-0.05, 0) is 114 Å².